The van der Waals surface area contributed by atoms with Crippen LogP contribution in [0.2, 0.25) is 0 Å². The fourth-order valence-corrected chi connectivity index (χ4v) is 5.47. The van der Waals surface area contributed by atoms with Gasteiger partial charge in [-0.25, -0.2) is 4.79 Å². The molecule has 10 heteroatoms. The van der Waals surface area contributed by atoms with E-state index in [0.717, 1.165) is 36.1 Å². The third-order valence-corrected chi connectivity index (χ3v) is 7.13. The highest BCUT2D eigenvalue weighted by molar-refractivity contribution is 7.17. The lowest BCUT2D eigenvalue weighted by molar-refractivity contribution is -0.385. The highest BCUT2D eigenvalue weighted by atomic mass is 32.1. The van der Waals surface area contributed by atoms with Crippen molar-refractivity contribution in [3.05, 3.63) is 73.3 Å². The van der Waals surface area contributed by atoms with E-state index in [1.807, 2.05) is 6.07 Å². The Kier molecular flexibility index (Phi) is 7.31. The molecule has 4 rings (SSSR count). The Labute approximate surface area is 211 Å². The molecule has 1 aliphatic rings. The first-order valence-corrected chi connectivity index (χ1v) is 12.2. The van der Waals surface area contributed by atoms with Crippen molar-refractivity contribution in [2.45, 2.75) is 39.5 Å². The van der Waals surface area contributed by atoms with Gasteiger partial charge in [-0.15, -0.1) is 11.3 Å². The van der Waals surface area contributed by atoms with Gasteiger partial charge in [-0.3, -0.25) is 14.9 Å². The summed E-state index contributed by atoms with van der Waals surface area (Å²) in [6.07, 6.45) is 4.83. The summed E-state index contributed by atoms with van der Waals surface area (Å²) in [6, 6.07) is 9.75. The van der Waals surface area contributed by atoms with Crippen LogP contribution in [0, 0.1) is 28.4 Å². The molecule has 0 bridgehead atoms. The molecular weight excluding hydrogens is 482 g/mol. The molecule has 1 aliphatic carbocycles. The molecule has 0 atom stereocenters. The summed E-state index contributed by atoms with van der Waals surface area (Å²) < 4.78 is 11.0. The molecule has 0 spiro atoms. The van der Waals surface area contributed by atoms with Crippen LogP contribution in [0.25, 0.3) is 17.4 Å². The number of hydrogen-bond acceptors (Lipinski definition) is 8. The van der Waals surface area contributed by atoms with E-state index in [9.17, 15) is 25.0 Å². The van der Waals surface area contributed by atoms with Gasteiger partial charge in [-0.1, -0.05) is 12.1 Å². The number of nitriles is 1. The average Bonchev–Trinajstić information content (AvgIpc) is 3.46. The number of hydrogen-bond donors (Lipinski definition) is 1. The molecule has 3 aromatic rings. The SMILES string of the molecule is CCOC(=O)c1c(NC(=O)/C(C#N)=C/c2ccc(-c3cccc([N+](=O)[O-])c3C)o2)sc2c1CCCC2. The summed E-state index contributed by atoms with van der Waals surface area (Å²) in [5.41, 5.74) is 2.00. The number of rotatable bonds is 7. The Morgan fingerprint density at radius 2 is 2.06 bits per heavy atom. The Hall–Kier alpha value is -4.23. The Morgan fingerprint density at radius 3 is 2.78 bits per heavy atom. The van der Waals surface area contributed by atoms with Crippen molar-refractivity contribution in [1.82, 2.24) is 0 Å². The van der Waals surface area contributed by atoms with E-state index < -0.39 is 16.8 Å². The fourth-order valence-electron chi connectivity index (χ4n) is 4.20. The number of carbonyl (C=O) groups excluding carboxylic acids is 2. The van der Waals surface area contributed by atoms with Crippen LogP contribution in [0.1, 0.15) is 51.9 Å². The van der Waals surface area contributed by atoms with Gasteiger partial charge in [-0.05, 0) is 57.2 Å². The van der Waals surface area contributed by atoms with Crippen molar-refractivity contribution >= 4 is 40.0 Å². The summed E-state index contributed by atoms with van der Waals surface area (Å²) in [6.45, 7) is 3.56. The predicted octanol–water partition coefficient (Wildman–Crippen LogP) is 5.83. The van der Waals surface area contributed by atoms with E-state index in [0.29, 0.717) is 27.5 Å². The van der Waals surface area contributed by atoms with Gasteiger partial charge >= 0.3 is 5.97 Å². The number of thiophene rings is 1. The van der Waals surface area contributed by atoms with Gasteiger partial charge < -0.3 is 14.5 Å². The van der Waals surface area contributed by atoms with Crippen molar-refractivity contribution in [2.75, 3.05) is 11.9 Å². The summed E-state index contributed by atoms with van der Waals surface area (Å²) in [4.78, 5) is 37.4. The maximum Gasteiger partial charge on any atom is 0.341 e. The van der Waals surface area contributed by atoms with Crippen LogP contribution in [-0.4, -0.2) is 23.4 Å². The Bertz CT molecular complexity index is 1430. The lowest BCUT2D eigenvalue weighted by Crippen LogP contribution is -2.16. The third-order valence-electron chi connectivity index (χ3n) is 5.92. The molecule has 2 aromatic heterocycles. The van der Waals surface area contributed by atoms with E-state index in [4.69, 9.17) is 9.15 Å². The van der Waals surface area contributed by atoms with E-state index in [1.54, 1.807) is 38.1 Å². The van der Waals surface area contributed by atoms with Gasteiger partial charge in [0.25, 0.3) is 11.6 Å². The predicted molar refractivity (Wildman–Crippen MR) is 135 cm³/mol. The number of nitro groups is 1. The normalized spacial score (nSPS) is 13.0. The van der Waals surface area contributed by atoms with Crippen LogP contribution in [0.5, 0.6) is 0 Å². The molecule has 0 saturated carbocycles. The maximum atomic E-state index is 13.0. The van der Waals surface area contributed by atoms with Gasteiger partial charge in [0.15, 0.2) is 0 Å². The number of nitrogens with one attached hydrogen (secondary N) is 1. The fraction of sp³-hybridized carbons (Fsp3) is 0.269. The standard InChI is InChI=1S/C26H23N3O6S/c1-3-34-26(31)23-19-7-4-5-10-22(19)36-25(23)28-24(30)16(14-27)13-17-11-12-21(35-17)18-8-6-9-20(15(18)2)29(32)33/h6,8-9,11-13H,3-5,7,10H2,1-2H3,(H,28,30)/b16-13+. The van der Waals surface area contributed by atoms with Crippen LogP contribution in [0.3, 0.4) is 0 Å². The zero-order valence-electron chi connectivity index (χ0n) is 19.8. The number of benzene rings is 1. The monoisotopic (exact) mass is 505 g/mol. The Balaban J connectivity index is 1.61. The first-order chi connectivity index (χ1) is 17.3. The second-order valence-corrected chi connectivity index (χ2v) is 9.27. The van der Waals surface area contributed by atoms with Crippen LogP contribution < -0.4 is 5.32 Å². The molecule has 1 N–H and O–H groups in total. The maximum absolute atomic E-state index is 13.0. The largest absolute Gasteiger partial charge is 0.462 e. The van der Waals surface area contributed by atoms with Crippen molar-refractivity contribution in [1.29, 1.82) is 5.26 Å². The summed E-state index contributed by atoms with van der Waals surface area (Å²) in [5, 5.41) is 24.0. The minimum Gasteiger partial charge on any atom is -0.462 e. The minimum absolute atomic E-state index is 0.0332. The first-order valence-electron chi connectivity index (χ1n) is 11.4. The van der Waals surface area contributed by atoms with E-state index in [-0.39, 0.29) is 23.6 Å². The van der Waals surface area contributed by atoms with Crippen LogP contribution in [0.15, 0.2) is 40.3 Å². The molecule has 0 unspecified atom stereocenters. The molecule has 2 heterocycles. The van der Waals surface area contributed by atoms with Gasteiger partial charge in [0.2, 0.25) is 0 Å². The minimum atomic E-state index is -0.675. The number of nitro benzene ring substituents is 1. The number of furan rings is 1. The van der Waals surface area contributed by atoms with E-state index in [2.05, 4.69) is 5.32 Å². The lowest BCUT2D eigenvalue weighted by atomic mass is 9.95. The van der Waals surface area contributed by atoms with Gasteiger partial charge in [0.1, 0.15) is 28.2 Å². The molecule has 1 amide bonds. The highest BCUT2D eigenvalue weighted by Gasteiger charge is 2.28. The second-order valence-electron chi connectivity index (χ2n) is 8.17. The lowest BCUT2D eigenvalue weighted by Gasteiger charge is -2.12. The highest BCUT2D eigenvalue weighted by Crippen LogP contribution is 2.39. The van der Waals surface area contributed by atoms with Crippen LogP contribution >= 0.6 is 11.3 Å². The summed E-state index contributed by atoms with van der Waals surface area (Å²) in [5.74, 6) is -0.557. The topological polar surface area (TPSA) is 135 Å². The molecule has 184 valence electrons. The van der Waals surface area contributed by atoms with Crippen LogP contribution in [0.4, 0.5) is 10.7 Å². The molecular formula is C26H23N3O6S. The zero-order chi connectivity index (χ0) is 25.8. The number of anilines is 1. The smallest absolute Gasteiger partial charge is 0.341 e. The number of esters is 1. The average molecular weight is 506 g/mol. The molecule has 36 heavy (non-hydrogen) atoms. The van der Waals surface area contributed by atoms with Crippen molar-refractivity contribution in [3.63, 3.8) is 0 Å². The number of fused-ring (bicyclic) bond motifs is 1. The van der Waals surface area contributed by atoms with Crippen LogP contribution in [-0.2, 0) is 22.4 Å². The Morgan fingerprint density at radius 1 is 1.28 bits per heavy atom. The summed E-state index contributed by atoms with van der Waals surface area (Å²) in [7, 11) is 0. The number of aryl methyl sites for hydroxylation is 1. The van der Waals surface area contributed by atoms with Crippen molar-refractivity contribution in [2.24, 2.45) is 0 Å². The molecule has 0 radical (unpaired) electrons. The van der Waals surface area contributed by atoms with E-state index >= 15 is 0 Å². The molecule has 0 aliphatic heterocycles. The van der Waals surface area contributed by atoms with Crippen molar-refractivity contribution < 1.29 is 23.7 Å². The molecule has 0 saturated heterocycles. The van der Waals surface area contributed by atoms with Crippen molar-refractivity contribution in [3.8, 4) is 17.4 Å². The van der Waals surface area contributed by atoms with Gasteiger partial charge in [-0.2, -0.15) is 5.26 Å². The summed E-state index contributed by atoms with van der Waals surface area (Å²) >= 11 is 1.34. The van der Waals surface area contributed by atoms with Gasteiger partial charge in [0, 0.05) is 28.1 Å². The second kappa shape index (κ2) is 10.6. The quantitative estimate of drug-likeness (QED) is 0.140. The number of amides is 1. The number of ether oxygens (including phenoxy) is 1. The number of carbonyl (C=O) groups is 2. The molecule has 9 nitrogen and oxygen atoms in total. The van der Waals surface area contributed by atoms with Gasteiger partial charge in [0.05, 0.1) is 17.1 Å². The molecule has 1 aromatic carbocycles. The first kappa shape index (κ1) is 24.9. The zero-order valence-corrected chi connectivity index (χ0v) is 20.6. The van der Waals surface area contributed by atoms with E-state index in [1.165, 1.54) is 23.5 Å². The molecule has 0 fully saturated rings. The third kappa shape index (κ3) is 4.92. The number of nitrogens with zero attached hydrogens (tertiary/aromatic N) is 2.